The predicted molar refractivity (Wildman–Crippen MR) is 81.2 cm³/mol. The van der Waals surface area contributed by atoms with Gasteiger partial charge in [-0.05, 0) is 52.1 Å². The fourth-order valence-electron chi connectivity index (χ4n) is 1.84. The summed E-state index contributed by atoms with van der Waals surface area (Å²) in [5, 5.41) is 9.12. The molecule has 1 aromatic rings. The van der Waals surface area contributed by atoms with Crippen molar-refractivity contribution in [3.63, 3.8) is 0 Å². The first-order valence-electron chi connectivity index (χ1n) is 6.57. The molecule has 1 atom stereocenters. The second-order valence-electron chi connectivity index (χ2n) is 5.40. The molecule has 7 heteroatoms. The van der Waals surface area contributed by atoms with Crippen molar-refractivity contribution >= 4 is 16.0 Å². The molecule has 2 N–H and O–H groups in total. The Kier molecular flexibility index (Phi) is 5.49. The minimum atomic E-state index is -3.73. The van der Waals surface area contributed by atoms with Crippen LogP contribution in [0.1, 0.15) is 28.4 Å². The molecular formula is C14H22N2O4S. The van der Waals surface area contributed by atoms with Crippen molar-refractivity contribution in [3.05, 3.63) is 28.8 Å². The third-order valence-corrected chi connectivity index (χ3v) is 5.06. The van der Waals surface area contributed by atoms with Gasteiger partial charge >= 0.3 is 5.97 Å². The third-order valence-electron chi connectivity index (χ3n) is 3.49. The van der Waals surface area contributed by atoms with Crippen molar-refractivity contribution in [3.8, 4) is 0 Å². The minimum Gasteiger partial charge on any atom is -0.478 e. The molecule has 0 saturated heterocycles. The molecule has 0 aromatic heterocycles. The third kappa shape index (κ3) is 4.26. The molecule has 0 spiro atoms. The van der Waals surface area contributed by atoms with Crippen LogP contribution in [0.15, 0.2) is 17.0 Å². The minimum absolute atomic E-state index is 0.00151. The number of benzene rings is 1. The van der Waals surface area contributed by atoms with E-state index in [4.69, 9.17) is 5.11 Å². The number of hydrogen-bond donors (Lipinski definition) is 2. The fourth-order valence-corrected chi connectivity index (χ4v) is 3.21. The maximum absolute atomic E-state index is 12.3. The molecule has 6 nitrogen and oxygen atoms in total. The number of likely N-dealkylation sites (N-methyl/N-ethyl adjacent to an activating group) is 1. The van der Waals surface area contributed by atoms with E-state index >= 15 is 0 Å². The summed E-state index contributed by atoms with van der Waals surface area (Å²) in [6.45, 7) is 5.45. The van der Waals surface area contributed by atoms with Crippen molar-refractivity contribution in [1.82, 2.24) is 9.62 Å². The lowest BCUT2D eigenvalue weighted by Gasteiger charge is -2.20. The Morgan fingerprint density at radius 1 is 1.29 bits per heavy atom. The van der Waals surface area contributed by atoms with Crippen molar-refractivity contribution in [1.29, 1.82) is 0 Å². The lowest BCUT2D eigenvalue weighted by atomic mass is 10.1. The van der Waals surface area contributed by atoms with Crippen LogP contribution in [0, 0.1) is 13.8 Å². The molecular weight excluding hydrogens is 292 g/mol. The van der Waals surface area contributed by atoms with Gasteiger partial charge in [-0.15, -0.1) is 0 Å². The van der Waals surface area contributed by atoms with E-state index in [0.717, 1.165) is 0 Å². The summed E-state index contributed by atoms with van der Waals surface area (Å²) in [6, 6.07) is 2.83. The first-order valence-corrected chi connectivity index (χ1v) is 8.05. The monoisotopic (exact) mass is 314 g/mol. The molecule has 0 aliphatic carbocycles. The molecule has 1 unspecified atom stereocenters. The average Bonchev–Trinajstić information content (AvgIpc) is 2.34. The van der Waals surface area contributed by atoms with Crippen LogP contribution in [0.25, 0.3) is 0 Å². The van der Waals surface area contributed by atoms with Crippen LogP contribution in [-0.2, 0) is 10.0 Å². The molecule has 0 saturated carbocycles. The summed E-state index contributed by atoms with van der Waals surface area (Å²) >= 11 is 0. The summed E-state index contributed by atoms with van der Waals surface area (Å²) in [5.41, 5.74) is 1.07. The normalized spacial score (nSPS) is 13.4. The van der Waals surface area contributed by atoms with Crippen LogP contribution < -0.4 is 4.72 Å². The van der Waals surface area contributed by atoms with Crippen LogP contribution in [-0.4, -0.2) is 51.1 Å². The Balaban J connectivity index is 3.14. The summed E-state index contributed by atoms with van der Waals surface area (Å²) in [5.74, 6) is -1.13. The van der Waals surface area contributed by atoms with Crippen molar-refractivity contribution in [2.45, 2.75) is 31.7 Å². The summed E-state index contributed by atoms with van der Waals surface area (Å²) in [4.78, 5) is 13.1. The molecule has 0 aliphatic heterocycles. The van der Waals surface area contributed by atoms with E-state index in [2.05, 4.69) is 4.72 Å². The molecule has 1 aromatic carbocycles. The molecule has 118 valence electrons. The fraction of sp³-hybridized carbons (Fsp3) is 0.500. The van der Waals surface area contributed by atoms with Gasteiger partial charge in [0.2, 0.25) is 10.0 Å². The zero-order valence-corrected chi connectivity index (χ0v) is 13.8. The molecule has 21 heavy (non-hydrogen) atoms. The van der Waals surface area contributed by atoms with Crippen LogP contribution in [0.5, 0.6) is 0 Å². The SMILES string of the molecule is Cc1cc(C)c(S(=O)(=O)NCC(C)N(C)C)cc1C(=O)O. The number of rotatable bonds is 6. The Morgan fingerprint density at radius 2 is 1.86 bits per heavy atom. The van der Waals surface area contributed by atoms with Gasteiger partial charge in [0.05, 0.1) is 10.5 Å². The molecule has 0 bridgehead atoms. The van der Waals surface area contributed by atoms with Crippen LogP contribution in [0.3, 0.4) is 0 Å². The zero-order chi connectivity index (χ0) is 16.4. The average molecular weight is 314 g/mol. The number of carbonyl (C=O) groups is 1. The molecule has 0 heterocycles. The topological polar surface area (TPSA) is 86.7 Å². The first kappa shape index (κ1) is 17.6. The maximum Gasteiger partial charge on any atom is 0.335 e. The Hall–Kier alpha value is -1.44. The number of nitrogens with one attached hydrogen (secondary N) is 1. The van der Waals surface area contributed by atoms with Crippen molar-refractivity contribution in [2.75, 3.05) is 20.6 Å². The van der Waals surface area contributed by atoms with Gasteiger partial charge in [0.15, 0.2) is 0 Å². The van der Waals surface area contributed by atoms with E-state index < -0.39 is 16.0 Å². The molecule has 0 aliphatic rings. The second kappa shape index (κ2) is 6.55. The zero-order valence-electron chi connectivity index (χ0n) is 13.0. The lowest BCUT2D eigenvalue weighted by molar-refractivity contribution is 0.0696. The van der Waals surface area contributed by atoms with Gasteiger partial charge in [0, 0.05) is 12.6 Å². The van der Waals surface area contributed by atoms with E-state index in [1.54, 1.807) is 19.9 Å². The van der Waals surface area contributed by atoms with Crippen LogP contribution in [0.4, 0.5) is 0 Å². The predicted octanol–water partition coefficient (Wildman–Crippen LogP) is 1.23. The number of carboxylic acid groups (broad SMARTS) is 1. The number of hydrogen-bond acceptors (Lipinski definition) is 4. The van der Waals surface area contributed by atoms with Gasteiger partial charge in [-0.3, -0.25) is 0 Å². The highest BCUT2D eigenvalue weighted by Crippen LogP contribution is 2.20. The summed E-state index contributed by atoms with van der Waals surface area (Å²) in [6.07, 6.45) is 0. The highest BCUT2D eigenvalue weighted by atomic mass is 32.2. The van der Waals surface area contributed by atoms with Crippen molar-refractivity contribution in [2.24, 2.45) is 0 Å². The van der Waals surface area contributed by atoms with E-state index in [-0.39, 0.29) is 23.0 Å². The van der Waals surface area contributed by atoms with E-state index in [9.17, 15) is 13.2 Å². The smallest absolute Gasteiger partial charge is 0.335 e. The van der Waals surface area contributed by atoms with Gasteiger partial charge < -0.3 is 10.0 Å². The van der Waals surface area contributed by atoms with Gasteiger partial charge in [-0.1, -0.05) is 6.07 Å². The Labute approximate surface area is 125 Å². The highest BCUT2D eigenvalue weighted by Gasteiger charge is 2.21. The Bertz CT molecular complexity index is 639. The molecule has 0 fully saturated rings. The number of carboxylic acids is 1. The standard InChI is InChI=1S/C14H22N2O4S/c1-9-6-10(2)13(7-12(9)14(17)18)21(19,20)15-8-11(3)16(4)5/h6-7,11,15H,8H2,1-5H3,(H,17,18). The first-order chi connectivity index (χ1) is 9.56. The molecule has 0 radical (unpaired) electrons. The van der Waals surface area contributed by atoms with Crippen molar-refractivity contribution < 1.29 is 18.3 Å². The van der Waals surface area contributed by atoms with Crippen LogP contribution in [0.2, 0.25) is 0 Å². The number of aryl methyl sites for hydroxylation is 2. The summed E-state index contributed by atoms with van der Waals surface area (Å²) in [7, 11) is -0.0128. The number of nitrogens with zero attached hydrogens (tertiary/aromatic N) is 1. The van der Waals surface area contributed by atoms with Gasteiger partial charge in [-0.25, -0.2) is 17.9 Å². The second-order valence-corrected chi connectivity index (χ2v) is 7.14. The quantitative estimate of drug-likeness (QED) is 0.825. The van der Waals surface area contributed by atoms with E-state index in [0.29, 0.717) is 11.1 Å². The molecule has 0 amide bonds. The summed E-state index contributed by atoms with van der Waals surface area (Å²) < 4.78 is 27.2. The van der Waals surface area contributed by atoms with Gasteiger partial charge in [0.1, 0.15) is 0 Å². The molecule has 1 rings (SSSR count). The van der Waals surface area contributed by atoms with Gasteiger partial charge in [0.25, 0.3) is 0 Å². The maximum atomic E-state index is 12.3. The number of sulfonamides is 1. The highest BCUT2D eigenvalue weighted by molar-refractivity contribution is 7.89. The van der Waals surface area contributed by atoms with E-state index in [1.807, 2.05) is 25.9 Å². The van der Waals surface area contributed by atoms with Crippen LogP contribution >= 0.6 is 0 Å². The number of aromatic carboxylic acids is 1. The largest absolute Gasteiger partial charge is 0.478 e. The Morgan fingerprint density at radius 3 is 2.33 bits per heavy atom. The van der Waals surface area contributed by atoms with E-state index in [1.165, 1.54) is 6.07 Å². The lowest BCUT2D eigenvalue weighted by Crippen LogP contribution is -2.38. The van der Waals surface area contributed by atoms with Gasteiger partial charge in [-0.2, -0.15) is 0 Å².